The molecular weight excluding hydrogens is 318 g/mol. The molecule has 6 nitrogen and oxygen atoms in total. The first-order chi connectivity index (χ1) is 11.9. The first kappa shape index (κ1) is 18.8. The Kier molecular flexibility index (Phi) is 6.44. The number of hydrogen-bond donors (Lipinski definition) is 2. The van der Waals surface area contributed by atoms with Gasteiger partial charge in [0.1, 0.15) is 11.5 Å². The molecule has 136 valence electrons. The summed E-state index contributed by atoms with van der Waals surface area (Å²) in [5.41, 5.74) is 2.97. The van der Waals surface area contributed by atoms with E-state index >= 15 is 0 Å². The Balaban J connectivity index is 1.78. The Hall–Kier alpha value is -2.50. The van der Waals surface area contributed by atoms with Gasteiger partial charge in [-0.05, 0) is 50.8 Å². The second-order valence-electron chi connectivity index (χ2n) is 6.32. The number of carbonyl (C=O) groups excluding carboxylic acids is 1. The molecule has 2 N–H and O–H groups in total. The molecule has 2 aromatic rings. The third-order valence-electron chi connectivity index (χ3n) is 4.42. The Morgan fingerprint density at radius 1 is 1.24 bits per heavy atom. The predicted molar refractivity (Wildman–Crippen MR) is 97.0 cm³/mol. The van der Waals surface area contributed by atoms with E-state index in [1.165, 1.54) is 5.56 Å². The number of aryl methyl sites for hydroxylation is 2. The highest BCUT2D eigenvalue weighted by Gasteiger charge is 2.18. The largest absolute Gasteiger partial charge is 0.497 e. The number of benzene rings is 1. The number of ether oxygens (including phenoxy) is 1. The smallest absolute Gasteiger partial charge is 0.315 e. The molecule has 2 atom stereocenters. The van der Waals surface area contributed by atoms with Gasteiger partial charge in [-0.1, -0.05) is 24.2 Å². The lowest BCUT2D eigenvalue weighted by molar-refractivity contribution is 0.237. The van der Waals surface area contributed by atoms with E-state index in [-0.39, 0.29) is 12.1 Å². The zero-order valence-corrected chi connectivity index (χ0v) is 15.6. The van der Waals surface area contributed by atoms with Crippen molar-refractivity contribution >= 4 is 6.03 Å². The van der Waals surface area contributed by atoms with Crippen molar-refractivity contribution in [2.45, 2.75) is 46.1 Å². The predicted octanol–water partition coefficient (Wildman–Crippen LogP) is 3.85. The quantitative estimate of drug-likeness (QED) is 0.799. The number of methoxy groups -OCH3 is 1. The van der Waals surface area contributed by atoms with Crippen LogP contribution < -0.4 is 15.4 Å². The normalized spacial score (nSPS) is 13.2. The van der Waals surface area contributed by atoms with Gasteiger partial charge in [-0.25, -0.2) is 4.79 Å². The monoisotopic (exact) mass is 345 g/mol. The van der Waals surface area contributed by atoms with Crippen LogP contribution in [0.15, 0.2) is 28.8 Å². The molecule has 25 heavy (non-hydrogen) atoms. The van der Waals surface area contributed by atoms with Crippen molar-refractivity contribution in [1.82, 2.24) is 15.8 Å². The van der Waals surface area contributed by atoms with E-state index in [0.717, 1.165) is 29.2 Å². The van der Waals surface area contributed by atoms with Crippen molar-refractivity contribution in [3.8, 4) is 5.75 Å². The van der Waals surface area contributed by atoms with E-state index < -0.39 is 0 Å². The van der Waals surface area contributed by atoms with Crippen molar-refractivity contribution in [2.24, 2.45) is 0 Å². The van der Waals surface area contributed by atoms with Crippen LogP contribution in [0.3, 0.4) is 0 Å². The van der Waals surface area contributed by atoms with Gasteiger partial charge >= 0.3 is 6.03 Å². The lowest BCUT2D eigenvalue weighted by Gasteiger charge is -2.16. The minimum Gasteiger partial charge on any atom is -0.497 e. The lowest BCUT2D eigenvalue weighted by Crippen LogP contribution is -2.38. The third kappa shape index (κ3) is 4.98. The molecule has 1 aromatic heterocycles. The number of nitrogens with one attached hydrogen (secondary N) is 2. The second-order valence-corrected chi connectivity index (χ2v) is 6.32. The van der Waals surface area contributed by atoms with Crippen molar-refractivity contribution in [3.63, 3.8) is 0 Å². The minimum absolute atomic E-state index is 0.148. The third-order valence-corrected chi connectivity index (χ3v) is 4.42. The van der Waals surface area contributed by atoms with E-state index in [0.29, 0.717) is 12.5 Å². The van der Waals surface area contributed by atoms with Gasteiger partial charge < -0.3 is 19.9 Å². The highest BCUT2D eigenvalue weighted by Crippen LogP contribution is 2.22. The molecule has 0 unspecified atom stereocenters. The van der Waals surface area contributed by atoms with Crippen LogP contribution in [0.5, 0.6) is 5.75 Å². The van der Waals surface area contributed by atoms with E-state index in [4.69, 9.17) is 9.26 Å². The maximum Gasteiger partial charge on any atom is 0.315 e. The molecule has 1 aromatic carbocycles. The van der Waals surface area contributed by atoms with E-state index in [9.17, 15) is 4.79 Å². The van der Waals surface area contributed by atoms with Gasteiger partial charge in [-0.15, -0.1) is 0 Å². The molecule has 0 saturated carbocycles. The summed E-state index contributed by atoms with van der Waals surface area (Å²) in [4.78, 5) is 12.1. The fraction of sp³-hybridized carbons (Fsp3) is 0.474. The Morgan fingerprint density at radius 3 is 2.48 bits per heavy atom. The first-order valence-corrected chi connectivity index (χ1v) is 8.53. The van der Waals surface area contributed by atoms with Crippen molar-refractivity contribution in [3.05, 3.63) is 46.8 Å². The topological polar surface area (TPSA) is 76.4 Å². The van der Waals surface area contributed by atoms with Gasteiger partial charge in [0, 0.05) is 12.1 Å². The summed E-state index contributed by atoms with van der Waals surface area (Å²) in [6.45, 7) is 8.40. The minimum atomic E-state index is -0.186. The summed E-state index contributed by atoms with van der Waals surface area (Å²) in [5.74, 6) is 1.94. The SMILES string of the molecule is COc1ccc([C@@H](C)CCNC(=O)N[C@H](C)c2c(C)noc2C)cc1. The molecule has 0 spiro atoms. The zero-order chi connectivity index (χ0) is 18.4. The molecule has 2 rings (SSSR count). The van der Waals surface area contributed by atoms with Crippen LogP contribution in [-0.4, -0.2) is 24.8 Å². The average molecular weight is 345 g/mol. The number of aromatic nitrogens is 1. The molecule has 0 aliphatic heterocycles. The average Bonchev–Trinajstić information content (AvgIpc) is 2.93. The van der Waals surface area contributed by atoms with E-state index in [2.05, 4.69) is 34.8 Å². The van der Waals surface area contributed by atoms with Gasteiger partial charge in [-0.3, -0.25) is 0 Å². The number of hydrogen-bond acceptors (Lipinski definition) is 4. The molecule has 2 amide bonds. The van der Waals surface area contributed by atoms with Crippen LogP contribution in [0.4, 0.5) is 4.79 Å². The van der Waals surface area contributed by atoms with Crippen LogP contribution in [0.25, 0.3) is 0 Å². The van der Waals surface area contributed by atoms with Gasteiger partial charge in [0.05, 0.1) is 18.8 Å². The van der Waals surface area contributed by atoms with Crippen molar-refractivity contribution in [2.75, 3.05) is 13.7 Å². The molecule has 6 heteroatoms. The van der Waals surface area contributed by atoms with Gasteiger partial charge in [0.25, 0.3) is 0 Å². The fourth-order valence-electron chi connectivity index (χ4n) is 2.93. The van der Waals surface area contributed by atoms with Gasteiger partial charge in [0.15, 0.2) is 0 Å². The van der Waals surface area contributed by atoms with Crippen LogP contribution in [0.1, 0.15) is 54.8 Å². The maximum absolute atomic E-state index is 12.1. The molecule has 0 aliphatic carbocycles. The molecule has 0 radical (unpaired) electrons. The van der Waals surface area contributed by atoms with E-state index in [1.54, 1.807) is 7.11 Å². The molecule has 0 aliphatic rings. The molecular formula is C19H27N3O3. The van der Waals surface area contributed by atoms with E-state index in [1.807, 2.05) is 32.9 Å². The standard InChI is InChI=1S/C19H27N3O3/c1-12(16-6-8-17(24-5)9-7-16)10-11-20-19(23)21-13(2)18-14(3)22-25-15(18)4/h6-9,12-13H,10-11H2,1-5H3,(H2,20,21,23)/t12-,13+/m0/s1. The summed E-state index contributed by atoms with van der Waals surface area (Å²) in [6, 6.07) is 7.69. The lowest BCUT2D eigenvalue weighted by atomic mass is 9.98. The molecule has 1 heterocycles. The zero-order valence-electron chi connectivity index (χ0n) is 15.6. The van der Waals surface area contributed by atoms with Crippen molar-refractivity contribution < 1.29 is 14.1 Å². The summed E-state index contributed by atoms with van der Waals surface area (Å²) in [7, 11) is 1.66. The number of nitrogens with zero attached hydrogens (tertiary/aromatic N) is 1. The van der Waals surface area contributed by atoms with Crippen LogP contribution >= 0.6 is 0 Å². The Bertz CT molecular complexity index is 675. The molecule has 0 fully saturated rings. The summed E-state index contributed by atoms with van der Waals surface area (Å²) < 4.78 is 10.3. The Morgan fingerprint density at radius 2 is 1.92 bits per heavy atom. The second kappa shape index (κ2) is 8.55. The molecule has 0 bridgehead atoms. The number of amides is 2. The van der Waals surface area contributed by atoms with Crippen LogP contribution in [0, 0.1) is 13.8 Å². The van der Waals surface area contributed by atoms with Crippen LogP contribution in [-0.2, 0) is 0 Å². The summed E-state index contributed by atoms with van der Waals surface area (Å²) in [6.07, 6.45) is 0.861. The highest BCUT2D eigenvalue weighted by molar-refractivity contribution is 5.74. The molecule has 0 saturated heterocycles. The Labute approximate surface area is 148 Å². The fourth-order valence-corrected chi connectivity index (χ4v) is 2.93. The highest BCUT2D eigenvalue weighted by atomic mass is 16.5. The number of rotatable bonds is 7. The number of urea groups is 1. The first-order valence-electron chi connectivity index (χ1n) is 8.53. The number of carbonyl (C=O) groups is 1. The van der Waals surface area contributed by atoms with Gasteiger partial charge in [0.2, 0.25) is 0 Å². The van der Waals surface area contributed by atoms with Crippen LogP contribution in [0.2, 0.25) is 0 Å². The summed E-state index contributed by atoms with van der Waals surface area (Å²) >= 11 is 0. The van der Waals surface area contributed by atoms with Gasteiger partial charge in [-0.2, -0.15) is 0 Å². The maximum atomic E-state index is 12.1. The van der Waals surface area contributed by atoms with Crippen molar-refractivity contribution in [1.29, 1.82) is 0 Å². The summed E-state index contributed by atoms with van der Waals surface area (Å²) in [5, 5.41) is 9.76.